The lowest BCUT2D eigenvalue weighted by Gasteiger charge is -2.10. The van der Waals surface area contributed by atoms with Crippen molar-refractivity contribution in [3.05, 3.63) is 65.7 Å². The smallest absolute Gasteiger partial charge is 0.256 e. The van der Waals surface area contributed by atoms with Crippen LogP contribution in [0.15, 0.2) is 65.0 Å². The molecule has 1 N–H and O–H groups in total. The van der Waals surface area contributed by atoms with Crippen LogP contribution < -0.4 is 5.32 Å². The normalized spacial score (nSPS) is 11.2. The maximum Gasteiger partial charge on any atom is 0.256 e. The van der Waals surface area contributed by atoms with E-state index in [4.69, 9.17) is 0 Å². The van der Waals surface area contributed by atoms with Gasteiger partial charge in [0.2, 0.25) is 0 Å². The lowest BCUT2D eigenvalue weighted by Crippen LogP contribution is -2.17. The largest absolute Gasteiger partial charge is 0.322 e. The van der Waals surface area contributed by atoms with Crippen LogP contribution in [0.5, 0.6) is 0 Å². The average Bonchev–Trinajstić information content (AvgIpc) is 3.17. The Morgan fingerprint density at radius 1 is 1.12 bits per heavy atom. The Morgan fingerprint density at radius 2 is 1.84 bits per heavy atom. The Kier molecular flexibility index (Phi) is 4.96. The monoisotopic (exact) mass is 372 g/mol. The molecule has 7 heteroatoms. The van der Waals surface area contributed by atoms with Gasteiger partial charge in [-0.1, -0.05) is 19.1 Å². The third-order valence-corrected chi connectivity index (χ3v) is 6.28. The molecule has 0 saturated carbocycles. The van der Waals surface area contributed by atoms with Crippen molar-refractivity contribution in [3.8, 4) is 10.6 Å². The summed E-state index contributed by atoms with van der Waals surface area (Å²) in [4.78, 5) is 16.8. The molecule has 2 aromatic carbocycles. The molecule has 0 bridgehead atoms. The topological polar surface area (TPSA) is 76.1 Å². The summed E-state index contributed by atoms with van der Waals surface area (Å²) in [5.74, 6) is -0.505. The van der Waals surface area contributed by atoms with E-state index in [1.165, 1.54) is 23.5 Å². The van der Waals surface area contributed by atoms with Crippen molar-refractivity contribution in [3.63, 3.8) is 0 Å². The van der Waals surface area contributed by atoms with Crippen LogP contribution in [0.1, 0.15) is 17.3 Å². The first-order chi connectivity index (χ1) is 12.0. The third kappa shape index (κ3) is 3.78. The predicted octanol–water partition coefficient (Wildman–Crippen LogP) is 3.86. The summed E-state index contributed by atoms with van der Waals surface area (Å²) in [6, 6.07) is 13.5. The number of thiazole rings is 1. The minimum absolute atomic E-state index is 0.0504. The Labute approximate surface area is 150 Å². The van der Waals surface area contributed by atoms with Crippen LogP contribution >= 0.6 is 11.3 Å². The molecule has 0 radical (unpaired) electrons. The number of anilines is 1. The number of sulfone groups is 1. The molecular weight excluding hydrogens is 356 g/mol. The lowest BCUT2D eigenvalue weighted by molar-refractivity contribution is 0.102. The van der Waals surface area contributed by atoms with E-state index in [1.807, 2.05) is 17.5 Å². The molecule has 5 nitrogen and oxygen atoms in total. The molecule has 0 atom stereocenters. The van der Waals surface area contributed by atoms with E-state index in [-0.39, 0.29) is 16.2 Å². The van der Waals surface area contributed by atoms with E-state index in [0.717, 1.165) is 10.6 Å². The molecule has 0 unspecified atom stereocenters. The number of nitrogens with zero attached hydrogens (tertiary/aromatic N) is 1. The molecule has 0 aliphatic carbocycles. The minimum atomic E-state index is -3.47. The number of amides is 1. The maximum absolute atomic E-state index is 12.5. The van der Waals surface area contributed by atoms with Crippen molar-refractivity contribution in [1.29, 1.82) is 0 Å². The number of nitrogens with one attached hydrogen (secondary N) is 1. The SMILES string of the molecule is CCS(=O)(=O)c1ccccc1C(=O)Nc1ccc(-c2nccs2)cc1. The highest BCUT2D eigenvalue weighted by molar-refractivity contribution is 7.91. The number of aromatic nitrogens is 1. The Hall–Kier alpha value is -2.51. The maximum atomic E-state index is 12.5. The Balaban J connectivity index is 1.84. The van der Waals surface area contributed by atoms with Gasteiger partial charge < -0.3 is 5.32 Å². The van der Waals surface area contributed by atoms with Crippen LogP contribution in [0.4, 0.5) is 5.69 Å². The van der Waals surface area contributed by atoms with Crippen LogP contribution in [-0.4, -0.2) is 25.1 Å². The molecule has 128 valence electrons. The van der Waals surface area contributed by atoms with Gasteiger partial charge in [-0.15, -0.1) is 11.3 Å². The molecule has 0 aliphatic heterocycles. The van der Waals surface area contributed by atoms with E-state index < -0.39 is 15.7 Å². The van der Waals surface area contributed by atoms with E-state index in [0.29, 0.717) is 5.69 Å². The van der Waals surface area contributed by atoms with Gasteiger partial charge in [-0.2, -0.15) is 0 Å². The number of carbonyl (C=O) groups excluding carboxylic acids is 1. The van der Waals surface area contributed by atoms with E-state index in [2.05, 4.69) is 10.3 Å². The van der Waals surface area contributed by atoms with Gasteiger partial charge in [0.25, 0.3) is 5.91 Å². The molecule has 1 amide bonds. The zero-order valence-corrected chi connectivity index (χ0v) is 15.1. The predicted molar refractivity (Wildman–Crippen MR) is 99.7 cm³/mol. The van der Waals surface area contributed by atoms with Crippen molar-refractivity contribution in [2.45, 2.75) is 11.8 Å². The summed E-state index contributed by atoms with van der Waals surface area (Å²) in [5, 5.41) is 5.55. The lowest BCUT2D eigenvalue weighted by atomic mass is 10.2. The van der Waals surface area contributed by atoms with Crippen LogP contribution in [0.3, 0.4) is 0 Å². The van der Waals surface area contributed by atoms with Crippen molar-refractivity contribution in [2.75, 3.05) is 11.1 Å². The standard InChI is InChI=1S/C18H16N2O3S2/c1-2-25(22,23)16-6-4-3-5-15(16)17(21)20-14-9-7-13(8-10-14)18-19-11-12-24-18/h3-12H,2H2,1H3,(H,20,21). The molecule has 0 aliphatic rings. The molecule has 1 heterocycles. The van der Waals surface area contributed by atoms with E-state index in [9.17, 15) is 13.2 Å². The highest BCUT2D eigenvalue weighted by Gasteiger charge is 2.20. The highest BCUT2D eigenvalue weighted by atomic mass is 32.2. The van der Waals surface area contributed by atoms with Crippen molar-refractivity contribution in [1.82, 2.24) is 4.98 Å². The summed E-state index contributed by atoms with van der Waals surface area (Å²) in [7, 11) is -3.47. The van der Waals surface area contributed by atoms with Gasteiger partial charge in [-0.25, -0.2) is 13.4 Å². The van der Waals surface area contributed by atoms with Crippen molar-refractivity contribution in [2.24, 2.45) is 0 Å². The average molecular weight is 372 g/mol. The number of benzene rings is 2. The van der Waals surface area contributed by atoms with Crippen molar-refractivity contribution < 1.29 is 13.2 Å². The summed E-state index contributed by atoms with van der Waals surface area (Å²) < 4.78 is 24.3. The molecular formula is C18H16N2O3S2. The molecule has 25 heavy (non-hydrogen) atoms. The second kappa shape index (κ2) is 7.16. The number of hydrogen-bond acceptors (Lipinski definition) is 5. The van der Waals surface area contributed by atoms with Crippen molar-refractivity contribution >= 4 is 32.8 Å². The van der Waals surface area contributed by atoms with Gasteiger partial charge in [0, 0.05) is 22.8 Å². The minimum Gasteiger partial charge on any atom is -0.322 e. The number of carbonyl (C=O) groups is 1. The Morgan fingerprint density at radius 3 is 2.48 bits per heavy atom. The van der Waals surface area contributed by atoms with Crippen LogP contribution in [0.25, 0.3) is 10.6 Å². The van der Waals surface area contributed by atoms with Gasteiger partial charge in [-0.3, -0.25) is 4.79 Å². The second-order valence-corrected chi connectivity index (χ2v) is 8.41. The molecule has 1 aromatic heterocycles. The first-order valence-electron chi connectivity index (χ1n) is 7.64. The summed E-state index contributed by atoms with van der Waals surface area (Å²) in [5.41, 5.74) is 1.70. The van der Waals surface area contributed by atoms with Gasteiger partial charge in [-0.05, 0) is 36.4 Å². The summed E-state index contributed by atoms with van der Waals surface area (Å²) in [6.45, 7) is 1.56. The van der Waals surface area contributed by atoms with Gasteiger partial charge in [0.1, 0.15) is 5.01 Å². The fourth-order valence-corrected chi connectivity index (χ4v) is 4.08. The number of rotatable bonds is 5. The molecule has 3 rings (SSSR count). The fourth-order valence-electron chi connectivity index (χ4n) is 2.34. The van der Waals surface area contributed by atoms with Crippen LogP contribution in [-0.2, 0) is 9.84 Å². The molecule has 0 fully saturated rings. The zero-order valence-electron chi connectivity index (χ0n) is 13.5. The van der Waals surface area contributed by atoms with Gasteiger partial charge in [0.05, 0.1) is 16.2 Å². The van der Waals surface area contributed by atoms with E-state index in [1.54, 1.807) is 37.4 Å². The molecule has 0 spiro atoms. The van der Waals surface area contributed by atoms with Gasteiger partial charge >= 0.3 is 0 Å². The third-order valence-electron chi connectivity index (χ3n) is 3.67. The molecule has 0 saturated heterocycles. The van der Waals surface area contributed by atoms with E-state index >= 15 is 0 Å². The quantitative estimate of drug-likeness (QED) is 0.738. The fraction of sp³-hybridized carbons (Fsp3) is 0.111. The van der Waals surface area contributed by atoms with Crippen LogP contribution in [0.2, 0.25) is 0 Å². The number of hydrogen-bond donors (Lipinski definition) is 1. The Bertz CT molecular complexity index is 979. The second-order valence-electron chi connectivity index (χ2n) is 5.27. The molecule has 3 aromatic rings. The highest BCUT2D eigenvalue weighted by Crippen LogP contribution is 2.24. The summed E-state index contributed by atoms with van der Waals surface area (Å²) >= 11 is 1.53. The summed E-state index contributed by atoms with van der Waals surface area (Å²) in [6.07, 6.45) is 1.74. The first-order valence-corrected chi connectivity index (χ1v) is 10.2. The van der Waals surface area contributed by atoms with Gasteiger partial charge in [0.15, 0.2) is 9.84 Å². The zero-order chi connectivity index (χ0) is 17.9. The van der Waals surface area contributed by atoms with Crippen LogP contribution in [0, 0.1) is 0 Å². The first kappa shape index (κ1) is 17.3.